The molecule has 7 nitrogen and oxygen atoms in total. The van der Waals surface area contributed by atoms with Crippen LogP contribution in [0.15, 0.2) is 57.9 Å². The fraction of sp³-hybridized carbons (Fsp3) is 0.333. The summed E-state index contributed by atoms with van der Waals surface area (Å²) in [6.07, 6.45) is 1.17. The number of hydrogen-bond acceptors (Lipinski definition) is 4. The number of halogens is 1. The largest absolute Gasteiger partial charge is 0.345 e. The summed E-state index contributed by atoms with van der Waals surface area (Å²) >= 11 is 3.30. The van der Waals surface area contributed by atoms with E-state index in [-0.39, 0.29) is 23.3 Å². The highest BCUT2D eigenvalue weighted by Crippen LogP contribution is 2.26. The Morgan fingerprint density at radius 1 is 1.10 bits per heavy atom. The van der Waals surface area contributed by atoms with Crippen LogP contribution in [0.25, 0.3) is 0 Å². The summed E-state index contributed by atoms with van der Waals surface area (Å²) in [4.78, 5) is 26.9. The quantitative estimate of drug-likeness (QED) is 0.692. The van der Waals surface area contributed by atoms with E-state index in [1.807, 2.05) is 0 Å². The SMILES string of the molecule is CN(C)C(=O)c1ccccc1NC(=O)C1CCCN(S(=O)(=O)c2ccc(Br)cc2)C1. The van der Waals surface area contributed by atoms with Gasteiger partial charge in [-0.3, -0.25) is 9.59 Å². The van der Waals surface area contributed by atoms with Crippen molar-refractivity contribution in [1.82, 2.24) is 9.21 Å². The van der Waals surface area contributed by atoms with Gasteiger partial charge in [-0.2, -0.15) is 4.31 Å². The van der Waals surface area contributed by atoms with E-state index in [0.29, 0.717) is 30.6 Å². The maximum Gasteiger partial charge on any atom is 0.255 e. The first-order valence-corrected chi connectivity index (χ1v) is 11.8. The Morgan fingerprint density at radius 3 is 2.43 bits per heavy atom. The van der Waals surface area contributed by atoms with Crippen molar-refractivity contribution >= 4 is 43.5 Å². The summed E-state index contributed by atoms with van der Waals surface area (Å²) in [5.74, 6) is -0.995. The Balaban J connectivity index is 1.76. The molecule has 2 aromatic rings. The highest BCUT2D eigenvalue weighted by molar-refractivity contribution is 9.10. The predicted molar refractivity (Wildman–Crippen MR) is 119 cm³/mol. The number of piperidine rings is 1. The summed E-state index contributed by atoms with van der Waals surface area (Å²) in [6.45, 7) is 0.478. The van der Waals surface area contributed by atoms with E-state index in [4.69, 9.17) is 0 Å². The lowest BCUT2D eigenvalue weighted by atomic mass is 9.98. The van der Waals surface area contributed by atoms with Crippen LogP contribution in [-0.2, 0) is 14.8 Å². The number of carbonyl (C=O) groups excluding carboxylic acids is 2. The molecule has 1 atom stereocenters. The number of para-hydroxylation sites is 1. The zero-order valence-electron chi connectivity index (χ0n) is 16.8. The van der Waals surface area contributed by atoms with Gasteiger partial charge in [-0.05, 0) is 49.2 Å². The van der Waals surface area contributed by atoms with E-state index in [0.717, 1.165) is 4.47 Å². The average Bonchev–Trinajstić information content (AvgIpc) is 2.74. The number of anilines is 1. The second kappa shape index (κ2) is 9.28. The monoisotopic (exact) mass is 493 g/mol. The Hall–Kier alpha value is -2.23. The molecule has 1 unspecified atom stereocenters. The number of amides is 2. The standard InChI is InChI=1S/C21H24BrN3O4S/c1-24(2)21(27)18-7-3-4-8-19(18)23-20(26)15-6-5-13-25(14-15)30(28,29)17-11-9-16(22)10-12-17/h3-4,7-12,15H,5-6,13-14H2,1-2H3,(H,23,26). The molecule has 2 amide bonds. The molecule has 1 aliphatic rings. The first kappa shape index (κ1) is 22.5. The van der Waals surface area contributed by atoms with Crippen LogP contribution >= 0.6 is 15.9 Å². The van der Waals surface area contributed by atoms with Crippen LogP contribution in [0.2, 0.25) is 0 Å². The van der Waals surface area contributed by atoms with Crippen LogP contribution < -0.4 is 5.32 Å². The molecule has 160 valence electrons. The molecule has 2 aromatic carbocycles. The molecule has 1 saturated heterocycles. The molecule has 0 aromatic heterocycles. The Labute approximate surface area is 185 Å². The number of nitrogens with zero attached hydrogens (tertiary/aromatic N) is 2. The maximum atomic E-state index is 13.0. The second-order valence-corrected chi connectivity index (χ2v) is 10.2. The Kier molecular flexibility index (Phi) is 6.95. The van der Waals surface area contributed by atoms with E-state index < -0.39 is 15.9 Å². The van der Waals surface area contributed by atoms with Gasteiger partial charge >= 0.3 is 0 Å². The fourth-order valence-corrected chi connectivity index (χ4v) is 5.17. The third-order valence-corrected chi connectivity index (χ3v) is 7.44. The van der Waals surface area contributed by atoms with E-state index in [1.165, 1.54) is 9.21 Å². The van der Waals surface area contributed by atoms with Gasteiger partial charge in [0.05, 0.1) is 22.1 Å². The van der Waals surface area contributed by atoms with E-state index in [9.17, 15) is 18.0 Å². The summed E-state index contributed by atoms with van der Waals surface area (Å²) in [5, 5.41) is 2.82. The Bertz CT molecular complexity index is 1040. The van der Waals surface area contributed by atoms with Crippen LogP contribution in [0, 0.1) is 5.92 Å². The van der Waals surface area contributed by atoms with Crippen molar-refractivity contribution in [2.24, 2.45) is 5.92 Å². The predicted octanol–water partition coefficient (Wildman–Crippen LogP) is 3.19. The van der Waals surface area contributed by atoms with Gasteiger partial charge in [0.15, 0.2) is 0 Å². The summed E-state index contributed by atoms with van der Waals surface area (Å²) in [6, 6.07) is 13.3. The van der Waals surface area contributed by atoms with E-state index in [2.05, 4.69) is 21.2 Å². The molecule has 1 N–H and O–H groups in total. The first-order chi connectivity index (χ1) is 14.2. The zero-order valence-corrected chi connectivity index (χ0v) is 19.2. The van der Waals surface area contributed by atoms with Gasteiger partial charge < -0.3 is 10.2 Å². The molecule has 0 aliphatic carbocycles. The summed E-state index contributed by atoms with van der Waals surface area (Å²) in [7, 11) is -0.388. The van der Waals surface area contributed by atoms with Crippen molar-refractivity contribution in [1.29, 1.82) is 0 Å². The lowest BCUT2D eigenvalue weighted by Gasteiger charge is -2.31. The summed E-state index contributed by atoms with van der Waals surface area (Å²) in [5.41, 5.74) is 0.820. The highest BCUT2D eigenvalue weighted by atomic mass is 79.9. The molecule has 0 saturated carbocycles. The average molecular weight is 494 g/mol. The van der Waals surface area contributed by atoms with Gasteiger partial charge in [-0.1, -0.05) is 28.1 Å². The van der Waals surface area contributed by atoms with Crippen LogP contribution in [0.5, 0.6) is 0 Å². The van der Waals surface area contributed by atoms with E-state index in [1.54, 1.807) is 62.6 Å². The van der Waals surface area contributed by atoms with Gasteiger partial charge in [0.1, 0.15) is 0 Å². The van der Waals surface area contributed by atoms with Crippen LogP contribution in [0.3, 0.4) is 0 Å². The zero-order chi connectivity index (χ0) is 21.9. The van der Waals surface area contributed by atoms with Crippen molar-refractivity contribution in [3.05, 3.63) is 58.6 Å². The third kappa shape index (κ3) is 4.91. The smallest absolute Gasteiger partial charge is 0.255 e. The highest BCUT2D eigenvalue weighted by Gasteiger charge is 2.33. The van der Waals surface area contributed by atoms with Gasteiger partial charge in [0, 0.05) is 31.7 Å². The number of carbonyl (C=O) groups is 2. The molecule has 1 fully saturated rings. The van der Waals surface area contributed by atoms with Crippen molar-refractivity contribution in [3.63, 3.8) is 0 Å². The van der Waals surface area contributed by atoms with Gasteiger partial charge in [-0.15, -0.1) is 0 Å². The number of sulfonamides is 1. The Morgan fingerprint density at radius 2 is 1.77 bits per heavy atom. The van der Waals surface area contributed by atoms with Crippen molar-refractivity contribution < 1.29 is 18.0 Å². The second-order valence-electron chi connectivity index (χ2n) is 7.39. The van der Waals surface area contributed by atoms with Crippen LogP contribution in [0.1, 0.15) is 23.2 Å². The van der Waals surface area contributed by atoms with Gasteiger partial charge in [0.25, 0.3) is 5.91 Å². The van der Waals surface area contributed by atoms with Crippen LogP contribution in [0.4, 0.5) is 5.69 Å². The van der Waals surface area contributed by atoms with Crippen molar-refractivity contribution in [2.75, 3.05) is 32.5 Å². The minimum absolute atomic E-state index is 0.105. The molecule has 1 heterocycles. The third-order valence-electron chi connectivity index (χ3n) is 5.03. The minimum Gasteiger partial charge on any atom is -0.345 e. The van der Waals surface area contributed by atoms with Gasteiger partial charge in [-0.25, -0.2) is 8.42 Å². The van der Waals surface area contributed by atoms with Gasteiger partial charge in [0.2, 0.25) is 15.9 Å². The number of hydrogen-bond donors (Lipinski definition) is 1. The van der Waals surface area contributed by atoms with E-state index >= 15 is 0 Å². The molecular weight excluding hydrogens is 470 g/mol. The maximum absolute atomic E-state index is 13.0. The molecule has 30 heavy (non-hydrogen) atoms. The molecule has 0 bridgehead atoms. The normalized spacial score (nSPS) is 17.4. The van der Waals surface area contributed by atoms with Crippen molar-refractivity contribution in [2.45, 2.75) is 17.7 Å². The lowest BCUT2D eigenvalue weighted by molar-refractivity contribution is -0.120. The number of nitrogens with one attached hydrogen (secondary N) is 1. The fourth-order valence-electron chi connectivity index (χ4n) is 3.38. The van der Waals surface area contributed by atoms with Crippen LogP contribution in [-0.4, -0.2) is 56.6 Å². The molecular formula is C21H24BrN3O4S. The van der Waals surface area contributed by atoms with Crippen molar-refractivity contribution in [3.8, 4) is 0 Å². The number of benzene rings is 2. The number of rotatable bonds is 5. The molecule has 9 heteroatoms. The molecule has 0 spiro atoms. The minimum atomic E-state index is -3.68. The molecule has 0 radical (unpaired) electrons. The summed E-state index contributed by atoms with van der Waals surface area (Å²) < 4.78 is 28.1. The lowest BCUT2D eigenvalue weighted by Crippen LogP contribution is -2.43. The molecule has 1 aliphatic heterocycles. The topological polar surface area (TPSA) is 86.8 Å². The first-order valence-electron chi connectivity index (χ1n) is 9.57. The molecule has 3 rings (SSSR count).